The van der Waals surface area contributed by atoms with Crippen LogP contribution in [0.3, 0.4) is 0 Å². The molecular weight excluding hydrogens is 484 g/mol. The zero-order valence-electron chi connectivity index (χ0n) is 21.2. The predicted molar refractivity (Wildman–Crippen MR) is 142 cm³/mol. The zero-order chi connectivity index (χ0) is 26.5. The molecule has 0 radical (unpaired) electrons. The smallest absolute Gasteiger partial charge is 0.409 e. The molecule has 5 rings (SSSR count). The summed E-state index contributed by atoms with van der Waals surface area (Å²) in [6, 6.07) is 23.1. The number of aromatic nitrogens is 1. The number of hydrogen-bond acceptors (Lipinski definition) is 6. The van der Waals surface area contributed by atoms with Crippen LogP contribution in [0.5, 0.6) is 5.75 Å². The average molecular weight is 515 g/mol. The van der Waals surface area contributed by atoms with Crippen LogP contribution in [0.4, 0.5) is 4.79 Å². The number of oxazole rings is 1. The molecule has 1 aliphatic heterocycles. The number of para-hydroxylation sites is 1. The van der Waals surface area contributed by atoms with Crippen molar-refractivity contribution in [2.75, 3.05) is 19.7 Å². The van der Waals surface area contributed by atoms with E-state index >= 15 is 0 Å². The van der Waals surface area contributed by atoms with Gasteiger partial charge in [-0.25, -0.2) is 14.6 Å². The summed E-state index contributed by atoms with van der Waals surface area (Å²) < 4.78 is 17.1. The Bertz CT molecular complexity index is 1410. The molecular formula is C30H30N2O6. The topological polar surface area (TPSA) is 102 Å². The Morgan fingerprint density at radius 3 is 2.47 bits per heavy atom. The van der Waals surface area contributed by atoms with E-state index in [0.29, 0.717) is 49.8 Å². The Kier molecular flexibility index (Phi) is 7.58. The van der Waals surface area contributed by atoms with E-state index in [9.17, 15) is 14.7 Å². The van der Waals surface area contributed by atoms with Gasteiger partial charge in [0.1, 0.15) is 11.5 Å². The van der Waals surface area contributed by atoms with Crippen molar-refractivity contribution in [2.24, 2.45) is 5.92 Å². The molecule has 1 N–H and O–H groups in total. The Hall–Kier alpha value is -4.33. The number of benzene rings is 3. The normalized spacial score (nSPS) is 14.8. The van der Waals surface area contributed by atoms with E-state index in [4.69, 9.17) is 13.9 Å². The lowest BCUT2D eigenvalue weighted by Crippen LogP contribution is -2.45. The van der Waals surface area contributed by atoms with Crippen LogP contribution in [0, 0.1) is 12.8 Å². The van der Waals surface area contributed by atoms with Crippen molar-refractivity contribution < 1.29 is 28.6 Å². The molecule has 2 heterocycles. The van der Waals surface area contributed by atoms with Crippen LogP contribution in [0.15, 0.2) is 77.2 Å². The van der Waals surface area contributed by atoms with Gasteiger partial charge in [-0.2, -0.15) is 0 Å². The van der Waals surface area contributed by atoms with Gasteiger partial charge in [0.15, 0.2) is 6.10 Å². The van der Waals surface area contributed by atoms with Gasteiger partial charge >= 0.3 is 12.1 Å². The molecule has 8 heteroatoms. The summed E-state index contributed by atoms with van der Waals surface area (Å²) in [4.78, 5) is 30.7. The van der Waals surface area contributed by atoms with Crippen LogP contribution in [-0.2, 0) is 16.0 Å². The Morgan fingerprint density at radius 1 is 1.03 bits per heavy atom. The summed E-state index contributed by atoms with van der Waals surface area (Å²) in [6.45, 7) is 2.87. The first-order chi connectivity index (χ1) is 18.5. The van der Waals surface area contributed by atoms with Gasteiger partial charge in [0.05, 0.1) is 12.3 Å². The summed E-state index contributed by atoms with van der Waals surface area (Å²) >= 11 is 0. The fraction of sp³-hybridized carbons (Fsp3) is 0.300. The fourth-order valence-corrected chi connectivity index (χ4v) is 4.81. The maximum absolute atomic E-state index is 12.6. The number of likely N-dealkylation sites (tertiary alicyclic amines) is 1. The van der Waals surface area contributed by atoms with E-state index in [2.05, 4.69) is 17.1 Å². The van der Waals surface area contributed by atoms with Crippen molar-refractivity contribution in [1.82, 2.24) is 9.88 Å². The van der Waals surface area contributed by atoms with E-state index in [1.165, 1.54) is 0 Å². The van der Waals surface area contributed by atoms with Gasteiger partial charge in [0.2, 0.25) is 5.89 Å². The molecule has 38 heavy (non-hydrogen) atoms. The molecule has 196 valence electrons. The zero-order valence-corrected chi connectivity index (χ0v) is 21.2. The number of ether oxygens (including phenoxy) is 2. The Labute approximate surface area is 220 Å². The van der Waals surface area contributed by atoms with Gasteiger partial charge in [-0.05, 0) is 54.8 Å². The highest BCUT2D eigenvalue weighted by Crippen LogP contribution is 2.27. The highest BCUT2D eigenvalue weighted by atomic mass is 16.6. The third-order valence-electron chi connectivity index (χ3n) is 6.93. The summed E-state index contributed by atoms with van der Waals surface area (Å²) in [5.74, 6) is 0.572. The number of piperidine rings is 1. The highest BCUT2D eigenvalue weighted by Gasteiger charge is 2.34. The number of fused-ring (bicyclic) bond motifs is 1. The Balaban J connectivity index is 1.12. The molecule has 1 unspecified atom stereocenters. The number of carbonyl (C=O) groups excluding carboxylic acids is 1. The molecule has 4 aromatic rings. The van der Waals surface area contributed by atoms with E-state index < -0.39 is 18.2 Å². The summed E-state index contributed by atoms with van der Waals surface area (Å²) in [5.41, 5.74) is 1.65. The monoisotopic (exact) mass is 514 g/mol. The summed E-state index contributed by atoms with van der Waals surface area (Å²) in [7, 11) is 0. The average Bonchev–Trinajstić information content (AvgIpc) is 3.32. The minimum Gasteiger partial charge on any atom is -0.478 e. The van der Waals surface area contributed by atoms with E-state index in [0.717, 1.165) is 22.0 Å². The number of carboxylic acid groups (broad SMARTS) is 1. The number of aryl methyl sites for hydroxylation is 1. The van der Waals surface area contributed by atoms with Crippen molar-refractivity contribution in [2.45, 2.75) is 32.3 Å². The van der Waals surface area contributed by atoms with Crippen molar-refractivity contribution >= 4 is 22.8 Å². The molecule has 1 saturated heterocycles. The number of carboxylic acids is 1. The molecule has 1 aliphatic rings. The lowest BCUT2D eigenvalue weighted by molar-refractivity contribution is -0.148. The predicted octanol–water partition coefficient (Wildman–Crippen LogP) is 5.73. The minimum absolute atomic E-state index is 0.179. The van der Waals surface area contributed by atoms with Crippen molar-refractivity contribution in [3.05, 3.63) is 84.3 Å². The van der Waals surface area contributed by atoms with Crippen LogP contribution in [0.25, 0.3) is 22.2 Å². The highest BCUT2D eigenvalue weighted by molar-refractivity contribution is 5.86. The second-order valence-corrected chi connectivity index (χ2v) is 9.46. The van der Waals surface area contributed by atoms with Gasteiger partial charge in [-0.3, -0.25) is 0 Å². The molecule has 8 nitrogen and oxygen atoms in total. The van der Waals surface area contributed by atoms with E-state index in [-0.39, 0.29) is 12.5 Å². The SMILES string of the molecule is Cc1oc(-c2ccc3ccccc3c2)nc1CCOC(=O)N1CCC(C(Oc2ccccc2)C(=O)O)CC1. The maximum atomic E-state index is 12.6. The first kappa shape index (κ1) is 25.3. The molecule has 1 aromatic heterocycles. The lowest BCUT2D eigenvalue weighted by atomic mass is 9.91. The summed E-state index contributed by atoms with van der Waals surface area (Å²) in [6.07, 6.45) is 0.127. The standard InChI is InChI=1S/C30H30N2O6/c1-20-26(31-28(37-20)24-12-11-21-7-5-6-8-23(21)19-24)15-18-36-30(35)32-16-13-22(14-17-32)27(29(33)34)38-25-9-3-2-4-10-25/h2-12,19,22,27H,13-18H2,1H3,(H,33,34). The number of nitrogens with zero attached hydrogens (tertiary/aromatic N) is 2. The fourth-order valence-electron chi connectivity index (χ4n) is 4.81. The van der Waals surface area contributed by atoms with Gasteiger partial charge in [-0.15, -0.1) is 0 Å². The number of carbonyl (C=O) groups is 2. The molecule has 0 aliphatic carbocycles. The summed E-state index contributed by atoms with van der Waals surface area (Å²) in [5, 5.41) is 11.9. The molecule has 0 spiro atoms. The van der Waals surface area contributed by atoms with Crippen LogP contribution >= 0.6 is 0 Å². The number of hydrogen-bond donors (Lipinski definition) is 1. The van der Waals surface area contributed by atoms with Crippen LogP contribution in [0.1, 0.15) is 24.3 Å². The van der Waals surface area contributed by atoms with Gasteiger partial charge in [-0.1, -0.05) is 48.5 Å². The third-order valence-corrected chi connectivity index (χ3v) is 6.93. The van der Waals surface area contributed by atoms with Crippen LogP contribution in [0.2, 0.25) is 0 Å². The number of rotatable bonds is 8. The van der Waals surface area contributed by atoms with Crippen molar-refractivity contribution in [1.29, 1.82) is 0 Å². The van der Waals surface area contributed by atoms with Gasteiger partial charge < -0.3 is 23.9 Å². The molecule has 1 atom stereocenters. The molecule has 1 amide bonds. The second-order valence-electron chi connectivity index (χ2n) is 9.46. The Morgan fingerprint density at radius 2 is 1.74 bits per heavy atom. The van der Waals surface area contributed by atoms with E-state index in [1.807, 2.05) is 43.3 Å². The minimum atomic E-state index is -0.999. The molecule has 1 fully saturated rings. The first-order valence-electron chi connectivity index (χ1n) is 12.8. The third kappa shape index (κ3) is 5.80. The lowest BCUT2D eigenvalue weighted by Gasteiger charge is -2.34. The van der Waals surface area contributed by atoms with E-state index in [1.54, 1.807) is 29.2 Å². The molecule has 0 saturated carbocycles. The van der Waals surface area contributed by atoms with Gasteiger partial charge in [0.25, 0.3) is 0 Å². The molecule has 3 aromatic carbocycles. The number of amides is 1. The molecule has 0 bridgehead atoms. The first-order valence-corrected chi connectivity index (χ1v) is 12.8. The second kappa shape index (κ2) is 11.4. The number of aliphatic carboxylic acids is 1. The van der Waals surface area contributed by atoms with Crippen molar-refractivity contribution in [3.8, 4) is 17.2 Å². The van der Waals surface area contributed by atoms with Crippen LogP contribution < -0.4 is 4.74 Å². The largest absolute Gasteiger partial charge is 0.478 e. The maximum Gasteiger partial charge on any atom is 0.409 e. The van der Waals surface area contributed by atoms with Crippen LogP contribution in [-0.4, -0.2) is 52.9 Å². The van der Waals surface area contributed by atoms with Crippen molar-refractivity contribution in [3.63, 3.8) is 0 Å². The quantitative estimate of drug-likeness (QED) is 0.320. The van der Waals surface area contributed by atoms with Gasteiger partial charge in [0, 0.05) is 31.0 Å².